The molecule has 5 aliphatic rings. The van der Waals surface area contributed by atoms with E-state index in [4.69, 9.17) is 0 Å². The molecule has 0 radical (unpaired) electrons. The fourth-order valence-electron chi connectivity index (χ4n) is 6.49. The van der Waals surface area contributed by atoms with Gasteiger partial charge in [0.1, 0.15) is 0 Å². The Morgan fingerprint density at radius 3 is 1.29 bits per heavy atom. The molecule has 1 N–H and O–H groups in total. The van der Waals surface area contributed by atoms with Gasteiger partial charge in [-0.15, -0.1) is 0 Å². The minimum absolute atomic E-state index is 0.244. The summed E-state index contributed by atoms with van der Waals surface area (Å²) in [5.74, 6) is -16.5. The number of rotatable bonds is 7. The van der Waals surface area contributed by atoms with E-state index in [1.165, 1.54) is 0 Å². The molecule has 246 valence electrons. The first-order valence-electron chi connectivity index (χ1n) is 11.3. The summed E-state index contributed by atoms with van der Waals surface area (Å²) in [4.78, 5) is 0. The molecule has 0 aromatic carbocycles. The molecule has 42 heavy (non-hydrogen) atoms. The van der Waals surface area contributed by atoms with E-state index < -0.39 is 81.9 Å². The van der Waals surface area contributed by atoms with Crippen LogP contribution in [0.2, 0.25) is 0 Å². The number of alkyl halides is 12. The van der Waals surface area contributed by atoms with E-state index in [0.717, 1.165) is 4.72 Å². The van der Waals surface area contributed by atoms with Gasteiger partial charge in [-0.2, -0.15) is 52.7 Å². The van der Waals surface area contributed by atoms with Gasteiger partial charge in [0.25, 0.3) is 43.4 Å². The summed E-state index contributed by atoms with van der Waals surface area (Å²) in [5.41, 5.74) is -1.91. The van der Waals surface area contributed by atoms with Crippen molar-refractivity contribution >= 4 is 39.5 Å². The van der Waals surface area contributed by atoms with Crippen LogP contribution in [0.3, 0.4) is 0 Å². The van der Waals surface area contributed by atoms with E-state index in [1.807, 2.05) is 0 Å². The van der Waals surface area contributed by atoms with Crippen molar-refractivity contribution in [2.75, 3.05) is 0 Å². The number of sulfonamides is 1. The predicted octanol–water partition coefficient (Wildman–Crippen LogP) is 3.06. The topological polar surface area (TPSA) is 149 Å². The van der Waals surface area contributed by atoms with Crippen LogP contribution in [0, 0.1) is 17.8 Å². The SMILES string of the molecule is O=S(=O)(NC12CC3CC(CC(C3)C1)C2)C(F)(F)C(F)(F)C(F)(F)S(=O)(=O)C1S(=O)(=O)C(F)(F)C(F)(F)C(F)(F)S1(=O)=O. The molecule has 1 saturated heterocycles. The van der Waals surface area contributed by atoms with Crippen LogP contribution in [0.25, 0.3) is 0 Å². The van der Waals surface area contributed by atoms with Gasteiger partial charge in [0.2, 0.25) is 0 Å². The van der Waals surface area contributed by atoms with Crippen molar-refractivity contribution in [2.24, 2.45) is 17.8 Å². The van der Waals surface area contributed by atoms with Crippen LogP contribution in [0.1, 0.15) is 38.5 Å². The third-order valence-corrected chi connectivity index (χ3v) is 18.6. The number of hydrogen-bond acceptors (Lipinski definition) is 8. The van der Waals surface area contributed by atoms with Gasteiger partial charge in [-0.1, -0.05) is 0 Å². The van der Waals surface area contributed by atoms with Gasteiger partial charge in [-0.05, 0) is 56.3 Å². The Morgan fingerprint density at radius 1 is 0.619 bits per heavy atom. The normalized spacial score (nSPS) is 35.7. The molecular weight excluding hydrogens is 702 g/mol. The van der Waals surface area contributed by atoms with Crippen molar-refractivity contribution in [3.05, 3.63) is 0 Å². The number of hydrogen-bond donors (Lipinski definition) is 1. The van der Waals surface area contributed by atoms with E-state index >= 15 is 0 Å². The molecule has 0 atom stereocenters. The molecule has 0 amide bonds. The Kier molecular flexibility index (Phi) is 6.91. The molecule has 0 spiro atoms. The van der Waals surface area contributed by atoms with Crippen LogP contribution in [0.15, 0.2) is 0 Å². The number of halogens is 12. The van der Waals surface area contributed by atoms with E-state index in [0.29, 0.717) is 19.3 Å². The standard InChI is InChI=1S/C17H17F12NO8S4/c18-12(19)14(22,23)39(31,32)10(40(33,34)15(12,24)25)41(35,36)16(26,27)13(20,21)17(28,29)42(37,38)30-11-4-7-1-8(5-11)3-9(2-7)6-11/h7-10,30H,1-6H2. The van der Waals surface area contributed by atoms with Crippen LogP contribution < -0.4 is 4.72 Å². The monoisotopic (exact) mass is 719 g/mol. The Morgan fingerprint density at radius 2 is 0.952 bits per heavy atom. The molecule has 1 aliphatic heterocycles. The van der Waals surface area contributed by atoms with Crippen molar-refractivity contribution in [1.82, 2.24) is 4.72 Å². The van der Waals surface area contributed by atoms with Crippen molar-refractivity contribution < 1.29 is 86.4 Å². The average molecular weight is 720 g/mol. The van der Waals surface area contributed by atoms with Gasteiger partial charge in [-0.3, -0.25) is 0 Å². The summed E-state index contributed by atoms with van der Waals surface area (Å²) in [5, 5.41) is -30.6. The van der Waals surface area contributed by atoms with E-state index in [2.05, 4.69) is 0 Å². The molecule has 9 nitrogen and oxygen atoms in total. The largest absolute Gasteiger partial charge is 0.428 e. The van der Waals surface area contributed by atoms with Crippen LogP contribution in [0.5, 0.6) is 0 Å². The van der Waals surface area contributed by atoms with E-state index in [1.54, 1.807) is 0 Å². The van der Waals surface area contributed by atoms with Gasteiger partial charge in [0.05, 0.1) is 0 Å². The first kappa shape index (κ1) is 33.8. The molecule has 1 heterocycles. The Balaban J connectivity index is 1.82. The Labute approximate surface area is 229 Å². The summed E-state index contributed by atoms with van der Waals surface area (Å²) in [6.45, 7) is 0. The summed E-state index contributed by atoms with van der Waals surface area (Å²) < 4.78 is 263. The van der Waals surface area contributed by atoms with Crippen LogP contribution in [-0.2, 0) is 39.5 Å². The first-order chi connectivity index (χ1) is 18.3. The number of sulfone groups is 3. The quantitative estimate of drug-likeness (QED) is 0.395. The fraction of sp³-hybridized carbons (Fsp3) is 1.00. The second kappa shape index (κ2) is 8.59. The zero-order valence-electron chi connectivity index (χ0n) is 20.0. The van der Waals surface area contributed by atoms with Gasteiger partial charge in [0.15, 0.2) is 0 Å². The molecule has 4 aliphatic carbocycles. The number of nitrogens with one attached hydrogen (secondary N) is 1. The van der Waals surface area contributed by atoms with Gasteiger partial charge >= 0.3 is 32.9 Å². The molecule has 25 heteroatoms. The predicted molar refractivity (Wildman–Crippen MR) is 113 cm³/mol. The minimum atomic E-state index is -8.95. The lowest BCUT2D eigenvalue weighted by Gasteiger charge is -2.56. The molecule has 0 aromatic heterocycles. The van der Waals surface area contributed by atoms with E-state index in [-0.39, 0.29) is 37.0 Å². The zero-order valence-corrected chi connectivity index (χ0v) is 23.3. The van der Waals surface area contributed by atoms with E-state index in [9.17, 15) is 86.4 Å². The summed E-state index contributed by atoms with van der Waals surface area (Å²) in [6.07, 6.45) is 0.732. The average Bonchev–Trinajstić information content (AvgIpc) is 2.75. The van der Waals surface area contributed by atoms with Crippen LogP contribution in [0.4, 0.5) is 52.7 Å². The Hall–Kier alpha value is -1.08. The highest BCUT2D eigenvalue weighted by Crippen LogP contribution is 2.62. The molecule has 4 saturated carbocycles. The lowest BCUT2D eigenvalue weighted by atomic mass is 9.53. The van der Waals surface area contributed by atoms with Crippen LogP contribution >= 0.6 is 0 Å². The smallest absolute Gasteiger partial charge is 0.220 e. The highest BCUT2D eigenvalue weighted by atomic mass is 32.3. The second-order valence-electron chi connectivity index (χ2n) is 10.9. The first-order valence-corrected chi connectivity index (χ1v) is 17.4. The third kappa shape index (κ3) is 3.76. The molecule has 5 fully saturated rings. The third-order valence-electron chi connectivity index (χ3n) is 8.02. The van der Waals surface area contributed by atoms with Gasteiger partial charge < -0.3 is 0 Å². The fourth-order valence-corrected chi connectivity index (χ4v) is 16.4. The molecule has 4 bridgehead atoms. The zero-order chi connectivity index (χ0) is 32.8. The van der Waals surface area contributed by atoms with Gasteiger partial charge in [-0.25, -0.2) is 38.4 Å². The maximum absolute atomic E-state index is 14.8. The minimum Gasteiger partial charge on any atom is -0.220 e. The van der Waals surface area contributed by atoms with Gasteiger partial charge in [0, 0.05) is 5.54 Å². The molecule has 0 aromatic rings. The van der Waals surface area contributed by atoms with Crippen molar-refractivity contribution in [3.63, 3.8) is 0 Å². The van der Waals surface area contributed by atoms with Crippen molar-refractivity contribution in [1.29, 1.82) is 0 Å². The highest BCUT2D eigenvalue weighted by Gasteiger charge is 2.93. The van der Waals surface area contributed by atoms with Crippen molar-refractivity contribution in [3.8, 4) is 0 Å². The summed E-state index contributed by atoms with van der Waals surface area (Å²) >= 11 is 0. The summed E-state index contributed by atoms with van der Waals surface area (Å²) in [7, 11) is -33.1. The molecule has 0 unspecified atom stereocenters. The maximum atomic E-state index is 14.8. The molecular formula is C17H17F12NO8S4. The second-order valence-corrected chi connectivity index (χ2v) is 19.8. The van der Waals surface area contributed by atoms with Crippen molar-refractivity contribution in [2.45, 2.75) is 80.8 Å². The lowest BCUT2D eigenvalue weighted by molar-refractivity contribution is -0.247. The highest BCUT2D eigenvalue weighted by molar-refractivity contribution is 8.25. The van der Waals surface area contributed by atoms with Crippen LogP contribution in [-0.4, -0.2) is 76.0 Å². The molecule has 5 rings (SSSR count). The summed E-state index contributed by atoms with van der Waals surface area (Å²) in [6, 6.07) is 0. The lowest BCUT2D eigenvalue weighted by Crippen LogP contribution is -2.74. The maximum Gasteiger partial charge on any atom is 0.428 e. The Bertz CT molecular complexity index is 1540.